The van der Waals surface area contributed by atoms with Gasteiger partial charge in [-0.15, -0.1) is 0 Å². The van der Waals surface area contributed by atoms with Gasteiger partial charge in [0.05, 0.1) is 0 Å². The van der Waals surface area contributed by atoms with Crippen LogP contribution in [-0.4, -0.2) is 0 Å². The van der Waals surface area contributed by atoms with Crippen LogP contribution in [0.25, 0.3) is 66.4 Å². The summed E-state index contributed by atoms with van der Waals surface area (Å²) in [7, 11) is 0. The molecule has 9 aromatic carbocycles. The predicted molar refractivity (Wildman–Crippen MR) is 290 cm³/mol. The third-order valence-electron chi connectivity index (χ3n) is 14.6. The van der Waals surface area contributed by atoms with Crippen molar-refractivity contribution in [3.05, 3.63) is 265 Å². The van der Waals surface area contributed by atoms with Crippen molar-refractivity contribution >= 4 is 44.7 Å². The molecule has 2 N–H and O–H groups in total. The van der Waals surface area contributed by atoms with E-state index in [0.29, 0.717) is 0 Å². The largest absolute Gasteiger partial charge is 0.355 e. The van der Waals surface area contributed by atoms with Crippen molar-refractivity contribution in [3.8, 4) is 44.5 Å². The van der Waals surface area contributed by atoms with Crippen LogP contribution in [0.2, 0.25) is 0 Å². The smallest absolute Gasteiger partial charge is 0.0464 e. The topological polar surface area (TPSA) is 24.1 Å². The third-order valence-corrected chi connectivity index (χ3v) is 14.6. The summed E-state index contributed by atoms with van der Waals surface area (Å²) in [6, 6.07) is 75.7. The molecule has 2 nitrogen and oxygen atoms in total. The van der Waals surface area contributed by atoms with Gasteiger partial charge >= 0.3 is 0 Å². The SMILES string of the molecule is CC1(c2ccc3c(c2)-c2ccccc2C2=CC(C)(c4ccc(-c5ccc(Nc6ccc(-c7ccc8ccccc8c7)cc6)c(-c6ccccc6)c5)cc4)CC(=C2)c2ccccc2N3)C=CC=CC1. The number of nitrogens with one attached hydrogen (secondary N) is 2. The van der Waals surface area contributed by atoms with Crippen LogP contribution < -0.4 is 10.6 Å². The number of allylic oxidation sites excluding steroid dienone is 8. The number of para-hydroxylation sites is 1. The van der Waals surface area contributed by atoms with Crippen LogP contribution in [0.5, 0.6) is 0 Å². The molecule has 3 aliphatic rings. The Morgan fingerprint density at radius 2 is 1.09 bits per heavy atom. The molecule has 2 aliphatic carbocycles. The second-order valence-corrected chi connectivity index (χ2v) is 19.2. The van der Waals surface area contributed by atoms with Crippen LogP contribution in [0, 0.1) is 0 Å². The highest BCUT2D eigenvalue weighted by atomic mass is 14.9. The van der Waals surface area contributed by atoms with E-state index >= 15 is 0 Å². The van der Waals surface area contributed by atoms with Crippen LogP contribution >= 0.6 is 0 Å². The molecule has 68 heavy (non-hydrogen) atoms. The van der Waals surface area contributed by atoms with E-state index in [0.717, 1.165) is 41.2 Å². The molecule has 2 atom stereocenters. The monoisotopic (exact) mass is 872 g/mol. The number of hydrogen-bond donors (Lipinski definition) is 2. The Morgan fingerprint density at radius 1 is 0.441 bits per heavy atom. The van der Waals surface area contributed by atoms with E-state index in [4.69, 9.17) is 0 Å². The number of benzene rings is 9. The minimum Gasteiger partial charge on any atom is -0.355 e. The maximum absolute atomic E-state index is 3.94. The van der Waals surface area contributed by atoms with Crippen molar-refractivity contribution in [3.63, 3.8) is 0 Å². The maximum atomic E-state index is 3.94. The van der Waals surface area contributed by atoms with Gasteiger partial charge < -0.3 is 10.6 Å². The third kappa shape index (κ3) is 7.68. The molecule has 12 rings (SSSR count). The molecule has 0 saturated carbocycles. The van der Waals surface area contributed by atoms with Gasteiger partial charge in [-0.2, -0.15) is 0 Å². The minimum atomic E-state index is -0.262. The molecule has 0 aromatic heterocycles. The average Bonchev–Trinajstić information content (AvgIpc) is 3.39. The van der Waals surface area contributed by atoms with Gasteiger partial charge in [-0.05, 0) is 133 Å². The summed E-state index contributed by atoms with van der Waals surface area (Å²) in [5.41, 5.74) is 21.3. The van der Waals surface area contributed by atoms with Crippen LogP contribution in [0.4, 0.5) is 22.7 Å². The summed E-state index contributed by atoms with van der Waals surface area (Å²) in [6.07, 6.45) is 15.8. The Bertz CT molecular complexity index is 3520. The van der Waals surface area contributed by atoms with Crippen LogP contribution in [0.3, 0.4) is 0 Å². The van der Waals surface area contributed by atoms with Crippen molar-refractivity contribution in [1.82, 2.24) is 0 Å². The van der Waals surface area contributed by atoms with E-state index in [1.165, 1.54) is 83.1 Å². The molecule has 0 spiro atoms. The molecular weight excluding hydrogens is 821 g/mol. The van der Waals surface area contributed by atoms with Crippen molar-refractivity contribution < 1.29 is 0 Å². The Hall–Kier alpha value is -8.20. The van der Waals surface area contributed by atoms with Gasteiger partial charge in [0, 0.05) is 50.3 Å². The van der Waals surface area contributed by atoms with E-state index in [-0.39, 0.29) is 10.8 Å². The normalized spacial score (nSPS) is 18.0. The highest BCUT2D eigenvalue weighted by Gasteiger charge is 2.33. The Labute approximate surface area is 400 Å². The summed E-state index contributed by atoms with van der Waals surface area (Å²) in [6.45, 7) is 4.76. The molecule has 2 heteroatoms. The number of rotatable bonds is 7. The van der Waals surface area contributed by atoms with Crippen molar-refractivity contribution in [2.45, 2.75) is 37.5 Å². The fourth-order valence-corrected chi connectivity index (χ4v) is 10.7. The van der Waals surface area contributed by atoms with Gasteiger partial charge in [0.25, 0.3) is 0 Å². The maximum Gasteiger partial charge on any atom is 0.0464 e. The molecule has 0 saturated heterocycles. The zero-order valence-electron chi connectivity index (χ0n) is 38.5. The quantitative estimate of drug-likeness (QED) is 0.167. The molecule has 0 radical (unpaired) electrons. The molecule has 2 unspecified atom stereocenters. The van der Waals surface area contributed by atoms with E-state index < -0.39 is 0 Å². The summed E-state index contributed by atoms with van der Waals surface area (Å²) in [5, 5.41) is 10.2. The Balaban J connectivity index is 0.883. The molecule has 1 aliphatic heterocycles. The van der Waals surface area contributed by atoms with E-state index in [2.05, 4.69) is 267 Å². The van der Waals surface area contributed by atoms with E-state index in [9.17, 15) is 0 Å². The average molecular weight is 873 g/mol. The van der Waals surface area contributed by atoms with Gasteiger partial charge in [-0.3, -0.25) is 0 Å². The van der Waals surface area contributed by atoms with Gasteiger partial charge in [0.1, 0.15) is 0 Å². The minimum absolute atomic E-state index is 0.0668. The van der Waals surface area contributed by atoms with Crippen LogP contribution in [0.1, 0.15) is 48.9 Å². The fraction of sp³-hybridized carbons (Fsp3) is 0.0909. The molecule has 2 bridgehead atoms. The lowest BCUT2D eigenvalue weighted by Crippen LogP contribution is -2.23. The van der Waals surface area contributed by atoms with Gasteiger partial charge in [-0.1, -0.05) is 208 Å². The lowest BCUT2D eigenvalue weighted by atomic mass is 9.70. The standard InChI is InChI=1S/C66H52N2/c1-65(37-13-4-14-38-65)55-32-36-64-61(42-55)59-21-10-9-19-57(59)52-40-53(58-20-11-12-22-62(58)68-64)44-66(2,43-52)54-30-25-46(26-31-54)51-29-35-63(60(41-51)48-16-5-3-6-17-48)67-56-33-27-47(28-34-56)50-24-23-45-15-7-8-18-49(45)39-50/h3-37,39-43,67-68H,38,44H2,1-2H3. The summed E-state index contributed by atoms with van der Waals surface area (Å²) >= 11 is 0. The number of hydrogen-bond acceptors (Lipinski definition) is 2. The second kappa shape index (κ2) is 16.9. The van der Waals surface area contributed by atoms with E-state index in [1.807, 2.05) is 0 Å². The first kappa shape index (κ1) is 41.2. The molecule has 326 valence electrons. The van der Waals surface area contributed by atoms with E-state index in [1.54, 1.807) is 0 Å². The van der Waals surface area contributed by atoms with Crippen LogP contribution in [0.15, 0.2) is 243 Å². The van der Waals surface area contributed by atoms with Crippen LogP contribution in [-0.2, 0) is 10.8 Å². The molecule has 9 aromatic rings. The van der Waals surface area contributed by atoms with Crippen molar-refractivity contribution in [2.24, 2.45) is 0 Å². The first-order chi connectivity index (χ1) is 33.4. The summed E-state index contributed by atoms with van der Waals surface area (Å²) in [5.74, 6) is 0. The second-order valence-electron chi connectivity index (χ2n) is 19.2. The molecule has 1 heterocycles. The molecule has 0 amide bonds. The summed E-state index contributed by atoms with van der Waals surface area (Å²) < 4.78 is 0. The van der Waals surface area contributed by atoms with Crippen molar-refractivity contribution in [1.29, 1.82) is 0 Å². The fourth-order valence-electron chi connectivity index (χ4n) is 10.7. The Kier molecular flexibility index (Phi) is 10.3. The number of anilines is 4. The highest BCUT2D eigenvalue weighted by Crippen LogP contribution is 2.49. The van der Waals surface area contributed by atoms with Gasteiger partial charge in [0.2, 0.25) is 0 Å². The van der Waals surface area contributed by atoms with Crippen molar-refractivity contribution in [2.75, 3.05) is 10.6 Å². The molecular formula is C66H52N2. The first-order valence-corrected chi connectivity index (χ1v) is 23.9. The van der Waals surface area contributed by atoms with Gasteiger partial charge in [0.15, 0.2) is 0 Å². The highest BCUT2D eigenvalue weighted by molar-refractivity contribution is 5.99. The number of fused-ring (bicyclic) bond motifs is 8. The molecule has 0 fully saturated rings. The Morgan fingerprint density at radius 3 is 1.88 bits per heavy atom. The predicted octanol–water partition coefficient (Wildman–Crippen LogP) is 17.9. The lowest BCUT2D eigenvalue weighted by Gasteiger charge is -2.35. The zero-order valence-corrected chi connectivity index (χ0v) is 38.5. The summed E-state index contributed by atoms with van der Waals surface area (Å²) in [4.78, 5) is 0. The first-order valence-electron chi connectivity index (χ1n) is 23.9. The zero-order chi connectivity index (χ0) is 45.7. The lowest BCUT2D eigenvalue weighted by molar-refractivity contribution is 0.600. The van der Waals surface area contributed by atoms with Gasteiger partial charge in [-0.25, -0.2) is 0 Å².